The van der Waals surface area contributed by atoms with Crippen molar-refractivity contribution in [1.29, 1.82) is 0 Å². The molecule has 4 fully saturated rings. The molecule has 0 unspecified atom stereocenters. The predicted octanol–water partition coefficient (Wildman–Crippen LogP) is 6.64. The van der Waals surface area contributed by atoms with Crippen LogP contribution in [0.1, 0.15) is 126 Å². The Bertz CT molecular complexity index is 1980. The van der Waals surface area contributed by atoms with Crippen molar-refractivity contribution < 1.29 is 76.8 Å². The lowest BCUT2D eigenvalue weighted by molar-refractivity contribution is -0.266. The summed E-state index contributed by atoms with van der Waals surface area (Å²) in [6.07, 6.45) is 11.7. The van der Waals surface area contributed by atoms with E-state index in [0.29, 0.717) is 83.6 Å². The van der Waals surface area contributed by atoms with Crippen LogP contribution in [0.5, 0.6) is 0 Å². The van der Waals surface area contributed by atoms with Gasteiger partial charge in [-0.15, -0.1) is 0 Å². The molecule has 4 aliphatic heterocycles. The van der Waals surface area contributed by atoms with Crippen LogP contribution in [-0.4, -0.2) is 173 Å². The first kappa shape index (κ1) is 62.4. The van der Waals surface area contributed by atoms with Crippen LogP contribution in [0, 0.1) is 35.5 Å². The maximum absolute atomic E-state index is 14.6. The fourth-order valence-corrected chi connectivity index (χ4v) is 11.3. The highest BCUT2D eigenvalue weighted by molar-refractivity contribution is 6.39. The molecule has 4 heterocycles. The molecule has 17 heteroatoms. The van der Waals surface area contributed by atoms with Gasteiger partial charge in [0.1, 0.15) is 36.2 Å². The third-order valence-electron chi connectivity index (χ3n) is 16.2. The first-order valence-electron chi connectivity index (χ1n) is 27.7. The molecule has 5 rings (SSSR count). The average molecular weight is 1060 g/mol. The third-order valence-corrected chi connectivity index (χ3v) is 16.2. The van der Waals surface area contributed by atoms with Crippen molar-refractivity contribution in [2.75, 3.05) is 67.5 Å². The predicted molar refractivity (Wildman–Crippen MR) is 280 cm³/mol. The van der Waals surface area contributed by atoms with Crippen LogP contribution >= 0.6 is 0 Å². The normalized spacial score (nSPS) is 38.8. The Kier molecular flexibility index (Phi) is 25.4. The Morgan fingerprint density at radius 3 is 2.32 bits per heavy atom. The summed E-state index contributed by atoms with van der Waals surface area (Å²) in [4.78, 5) is 73.0. The zero-order valence-electron chi connectivity index (χ0n) is 46.6. The minimum absolute atomic E-state index is 0.00616. The summed E-state index contributed by atoms with van der Waals surface area (Å²) in [5, 5.41) is 23.8. The maximum Gasteiger partial charge on any atom is 0.329 e. The summed E-state index contributed by atoms with van der Waals surface area (Å²) >= 11 is 0. The first-order valence-corrected chi connectivity index (χ1v) is 27.7. The first-order chi connectivity index (χ1) is 35.8. The monoisotopic (exact) mass is 1060 g/mol. The van der Waals surface area contributed by atoms with E-state index in [0.717, 1.165) is 18.4 Å². The molecule has 0 aromatic carbocycles. The number of ether oxygens (including phenoxy) is 9. The van der Waals surface area contributed by atoms with Gasteiger partial charge in [-0.1, -0.05) is 71.1 Å². The number of aliphatic hydroxyl groups is 2. The number of fused-ring (bicyclic) bond motifs is 3. The van der Waals surface area contributed by atoms with Crippen LogP contribution in [-0.2, 0) is 66.6 Å². The molecule has 5 aliphatic rings. The molecule has 0 radical (unpaired) electrons. The number of cyclic esters (lactones) is 1. The van der Waals surface area contributed by atoms with Gasteiger partial charge in [0, 0.05) is 58.5 Å². The van der Waals surface area contributed by atoms with E-state index in [-0.39, 0.29) is 80.0 Å². The van der Waals surface area contributed by atoms with E-state index in [1.807, 2.05) is 58.1 Å². The standard InChI is InChI=1S/C58H91NO16/c1-36-16-12-11-13-17-37(2)49(73-35-45-34-70-25-27-71-45)32-44-21-19-42(7)58(66,75-44)55(63)56(64)59-23-15-14-18-46(59)57(65)74-50(39(4)30-43-20-22-48(51(31-43)68-9)72-26-24-67-8)33-47(60)38(3)29-41(6)53(62)54(69-10)52(61)40(5)28-36/h11-13,16-17,29,36,38-40,42-46,48-51,53-54,62,66H,14-15,18-28,30-35H2,1-10H3/b13-11+,16-12+,37-17+,41-29+/t36-,38-,39-,40-,42-,43+,44+,45+,46+,48-,49+,50+,51-,53-,54+,58-/m1/s1. The lowest BCUT2D eigenvalue weighted by Crippen LogP contribution is -2.61. The highest BCUT2D eigenvalue weighted by Crippen LogP contribution is 2.38. The largest absolute Gasteiger partial charge is 0.460 e. The molecule has 1 saturated carbocycles. The Morgan fingerprint density at radius 2 is 1.61 bits per heavy atom. The number of nitrogens with zero attached hydrogens (tertiary/aromatic N) is 1. The van der Waals surface area contributed by atoms with Crippen molar-refractivity contribution in [3.8, 4) is 0 Å². The van der Waals surface area contributed by atoms with Gasteiger partial charge in [0.15, 0.2) is 5.78 Å². The van der Waals surface area contributed by atoms with Crippen molar-refractivity contribution in [1.82, 2.24) is 4.90 Å². The van der Waals surface area contributed by atoms with E-state index >= 15 is 0 Å². The number of hydrogen-bond acceptors (Lipinski definition) is 16. The van der Waals surface area contributed by atoms with Gasteiger partial charge in [0.25, 0.3) is 11.7 Å². The molecular weight excluding hydrogens is 967 g/mol. The average Bonchev–Trinajstić information content (AvgIpc) is 3.40. The fourth-order valence-electron chi connectivity index (χ4n) is 11.3. The Hall–Kier alpha value is -3.49. The molecule has 424 valence electrons. The van der Waals surface area contributed by atoms with Crippen molar-refractivity contribution >= 4 is 29.2 Å². The Balaban J connectivity index is 1.47. The van der Waals surface area contributed by atoms with Crippen LogP contribution in [0.2, 0.25) is 0 Å². The number of amides is 1. The number of ketones is 3. The number of piperidine rings is 1. The number of allylic oxidation sites excluding steroid dienone is 6. The van der Waals surface area contributed by atoms with Crippen LogP contribution in [0.25, 0.3) is 0 Å². The second-order valence-electron chi connectivity index (χ2n) is 22.1. The zero-order chi connectivity index (χ0) is 54.8. The van der Waals surface area contributed by atoms with Crippen LogP contribution < -0.4 is 0 Å². The second kappa shape index (κ2) is 30.6. The zero-order valence-corrected chi connectivity index (χ0v) is 46.6. The summed E-state index contributed by atoms with van der Waals surface area (Å²) in [7, 11) is 4.68. The third kappa shape index (κ3) is 17.8. The van der Waals surface area contributed by atoms with E-state index in [1.54, 1.807) is 41.1 Å². The minimum atomic E-state index is -2.48. The number of aliphatic hydroxyl groups excluding tert-OH is 1. The van der Waals surface area contributed by atoms with Crippen LogP contribution in [0.15, 0.2) is 47.6 Å². The molecule has 0 aromatic rings. The van der Waals surface area contributed by atoms with Gasteiger partial charge in [-0.3, -0.25) is 19.2 Å². The van der Waals surface area contributed by atoms with Crippen molar-refractivity contribution in [3.63, 3.8) is 0 Å². The van der Waals surface area contributed by atoms with E-state index in [2.05, 4.69) is 0 Å². The van der Waals surface area contributed by atoms with E-state index in [4.69, 9.17) is 42.6 Å². The number of Topliss-reactive ketones (excluding diaryl/α,β-unsaturated/α-hetero) is 3. The molecular formula is C58H91NO16. The van der Waals surface area contributed by atoms with Gasteiger partial charge in [0.2, 0.25) is 5.79 Å². The number of hydrogen-bond donors (Lipinski definition) is 2. The maximum atomic E-state index is 14.6. The topological polar surface area (TPSA) is 212 Å². The molecule has 75 heavy (non-hydrogen) atoms. The Morgan fingerprint density at radius 1 is 0.840 bits per heavy atom. The number of rotatable bonds is 12. The molecule has 2 bridgehead atoms. The van der Waals surface area contributed by atoms with E-state index in [9.17, 15) is 34.2 Å². The molecule has 17 nitrogen and oxygen atoms in total. The highest BCUT2D eigenvalue weighted by atomic mass is 16.6. The van der Waals surface area contributed by atoms with E-state index in [1.165, 1.54) is 12.0 Å². The molecule has 16 atom stereocenters. The van der Waals surface area contributed by atoms with Crippen molar-refractivity contribution in [3.05, 3.63) is 47.6 Å². The van der Waals surface area contributed by atoms with Gasteiger partial charge in [-0.25, -0.2) is 4.79 Å². The SMILES string of the molecule is COCCO[C@@H]1CC[C@@H](C[C@@H](C)[C@@H]2CC(=O)[C@H](C)/C=C(\C)[C@@H](O)[C@@H](OC)C(=O)[C@H](C)C[C@H](C)/C=C/C=C/C=C(\C)[C@@H](OC[C@@H]3COCCO3)C[C@@H]3CC[C@@H](C)[C@@](O)(O3)C(=O)C(=O)N3CCCC[C@H]3C(=O)O2)C[C@H]1OC. The molecule has 0 aromatic heterocycles. The summed E-state index contributed by atoms with van der Waals surface area (Å²) in [5.41, 5.74) is 1.24. The molecule has 1 aliphatic carbocycles. The lowest BCUT2D eigenvalue weighted by Gasteiger charge is -2.43. The lowest BCUT2D eigenvalue weighted by atomic mass is 9.78. The second-order valence-corrected chi connectivity index (χ2v) is 22.1. The van der Waals surface area contributed by atoms with Crippen LogP contribution in [0.3, 0.4) is 0 Å². The summed E-state index contributed by atoms with van der Waals surface area (Å²) in [6, 6.07) is -1.16. The minimum Gasteiger partial charge on any atom is -0.460 e. The molecule has 1 amide bonds. The summed E-state index contributed by atoms with van der Waals surface area (Å²) in [6.45, 7) is 15.3. The smallest absolute Gasteiger partial charge is 0.329 e. The number of methoxy groups -OCH3 is 3. The quantitative estimate of drug-likeness (QED) is 0.0908. The molecule has 0 spiro atoms. The van der Waals surface area contributed by atoms with Gasteiger partial charge in [0.05, 0.1) is 64.1 Å². The van der Waals surface area contributed by atoms with Gasteiger partial charge in [-0.2, -0.15) is 0 Å². The van der Waals surface area contributed by atoms with Gasteiger partial charge in [-0.05, 0) is 107 Å². The fraction of sp³-hybridized carbons (Fsp3) is 0.776. The Labute approximate surface area is 446 Å². The summed E-state index contributed by atoms with van der Waals surface area (Å²) in [5.74, 6) is -8.06. The number of carbonyl (C=O) groups is 5. The summed E-state index contributed by atoms with van der Waals surface area (Å²) < 4.78 is 53.4. The van der Waals surface area contributed by atoms with Gasteiger partial charge < -0.3 is 57.7 Å². The van der Waals surface area contributed by atoms with E-state index < -0.39 is 77.8 Å². The van der Waals surface area contributed by atoms with Crippen molar-refractivity contribution in [2.45, 2.75) is 186 Å². The van der Waals surface area contributed by atoms with Crippen molar-refractivity contribution in [2.24, 2.45) is 35.5 Å². The molecule has 3 saturated heterocycles. The molecule has 2 N–H and O–H groups in total. The van der Waals surface area contributed by atoms with Crippen LogP contribution in [0.4, 0.5) is 0 Å². The van der Waals surface area contributed by atoms with Gasteiger partial charge >= 0.3 is 5.97 Å². The highest BCUT2D eigenvalue weighted by Gasteiger charge is 2.53. The number of carbonyl (C=O) groups excluding carboxylic acids is 5. The number of esters is 1.